The van der Waals surface area contributed by atoms with E-state index in [0.717, 1.165) is 18.4 Å². The summed E-state index contributed by atoms with van der Waals surface area (Å²) in [5.41, 5.74) is 0.915. The predicted molar refractivity (Wildman–Crippen MR) is 75.6 cm³/mol. The molecular weight excluding hydrogens is 272 g/mol. The van der Waals surface area contributed by atoms with E-state index in [9.17, 15) is 9.90 Å². The van der Waals surface area contributed by atoms with Crippen LogP contribution in [-0.4, -0.2) is 48.7 Å². The number of aliphatic hydroxyl groups excluding tert-OH is 1. The highest BCUT2D eigenvalue weighted by Crippen LogP contribution is 2.50. The monoisotopic (exact) mass is 296 g/mol. The first-order chi connectivity index (χ1) is 9.96. The standard InChI is InChI=1S/C16H24O5/c1-9-5-4-6-16(2)14(21-16)13-12(11(17)7-9)10(8-19-3)15(18)20-13/h5,10-14,17H,4,6-8H2,1-3H3. The Labute approximate surface area is 125 Å². The average Bonchev–Trinajstić information content (AvgIpc) is 2.96. The Morgan fingerprint density at radius 3 is 3.00 bits per heavy atom. The zero-order valence-electron chi connectivity index (χ0n) is 12.9. The Morgan fingerprint density at radius 1 is 1.52 bits per heavy atom. The van der Waals surface area contributed by atoms with Crippen LogP contribution in [0.1, 0.15) is 33.1 Å². The molecule has 0 aromatic heterocycles. The van der Waals surface area contributed by atoms with Crippen LogP contribution in [0.4, 0.5) is 0 Å². The molecule has 5 heteroatoms. The quantitative estimate of drug-likeness (QED) is 0.474. The average molecular weight is 296 g/mol. The maximum absolute atomic E-state index is 12.1. The van der Waals surface area contributed by atoms with Gasteiger partial charge in [0.05, 0.1) is 24.2 Å². The maximum atomic E-state index is 12.1. The van der Waals surface area contributed by atoms with Crippen molar-refractivity contribution in [1.29, 1.82) is 0 Å². The van der Waals surface area contributed by atoms with Crippen molar-refractivity contribution in [3.63, 3.8) is 0 Å². The predicted octanol–water partition coefficient (Wildman–Crippen LogP) is 1.44. The first-order valence-electron chi connectivity index (χ1n) is 7.67. The summed E-state index contributed by atoms with van der Waals surface area (Å²) >= 11 is 0. The SMILES string of the molecule is COCC1C(=O)OC2C1C(O)CC(C)=CCCC1(C)OC21. The van der Waals surface area contributed by atoms with Gasteiger partial charge < -0.3 is 19.3 Å². The van der Waals surface area contributed by atoms with Crippen LogP contribution in [0.25, 0.3) is 0 Å². The second-order valence-corrected chi connectivity index (χ2v) is 6.75. The molecular formula is C16H24O5. The maximum Gasteiger partial charge on any atom is 0.312 e. The molecule has 5 nitrogen and oxygen atoms in total. The van der Waals surface area contributed by atoms with Crippen molar-refractivity contribution in [1.82, 2.24) is 0 Å². The minimum atomic E-state index is -0.607. The zero-order chi connectivity index (χ0) is 15.2. The molecule has 21 heavy (non-hydrogen) atoms. The highest BCUT2D eigenvalue weighted by Gasteiger charge is 2.64. The lowest BCUT2D eigenvalue weighted by Gasteiger charge is -2.26. The fourth-order valence-electron chi connectivity index (χ4n) is 3.82. The van der Waals surface area contributed by atoms with Crippen molar-refractivity contribution < 1.29 is 24.1 Å². The molecule has 0 aromatic carbocycles. The van der Waals surface area contributed by atoms with Crippen molar-refractivity contribution >= 4 is 5.97 Å². The second-order valence-electron chi connectivity index (χ2n) is 6.75. The number of methoxy groups -OCH3 is 1. The van der Waals surface area contributed by atoms with E-state index >= 15 is 0 Å². The molecule has 2 heterocycles. The van der Waals surface area contributed by atoms with Gasteiger partial charge in [-0.05, 0) is 33.1 Å². The summed E-state index contributed by atoms with van der Waals surface area (Å²) in [5, 5.41) is 10.6. The van der Waals surface area contributed by atoms with Gasteiger partial charge in [-0.2, -0.15) is 0 Å². The van der Waals surface area contributed by atoms with E-state index in [4.69, 9.17) is 14.2 Å². The van der Waals surface area contributed by atoms with Gasteiger partial charge in [-0.25, -0.2) is 0 Å². The highest BCUT2D eigenvalue weighted by atomic mass is 16.6. The van der Waals surface area contributed by atoms with Crippen LogP contribution in [0.5, 0.6) is 0 Å². The van der Waals surface area contributed by atoms with Crippen molar-refractivity contribution in [3.05, 3.63) is 11.6 Å². The topological polar surface area (TPSA) is 68.3 Å². The number of epoxide rings is 1. The molecule has 3 rings (SSSR count). The van der Waals surface area contributed by atoms with E-state index in [0.29, 0.717) is 6.42 Å². The normalized spacial score (nSPS) is 46.2. The van der Waals surface area contributed by atoms with E-state index in [1.807, 2.05) is 6.92 Å². The van der Waals surface area contributed by atoms with Crippen LogP contribution in [0.15, 0.2) is 11.6 Å². The zero-order valence-corrected chi connectivity index (χ0v) is 12.9. The Morgan fingerprint density at radius 2 is 2.29 bits per heavy atom. The van der Waals surface area contributed by atoms with E-state index in [1.165, 1.54) is 0 Å². The Kier molecular flexibility index (Phi) is 3.84. The summed E-state index contributed by atoms with van der Waals surface area (Å²) in [4.78, 5) is 12.1. The summed E-state index contributed by atoms with van der Waals surface area (Å²) in [5.74, 6) is -0.939. The van der Waals surface area contributed by atoms with Gasteiger partial charge in [0.1, 0.15) is 12.2 Å². The number of hydrogen-bond acceptors (Lipinski definition) is 5. The molecule has 0 bridgehead atoms. The minimum Gasteiger partial charge on any atom is -0.459 e. The number of hydrogen-bond donors (Lipinski definition) is 1. The smallest absolute Gasteiger partial charge is 0.312 e. The summed E-state index contributed by atoms with van der Waals surface area (Å²) < 4.78 is 16.6. The fourth-order valence-corrected chi connectivity index (χ4v) is 3.82. The Bertz CT molecular complexity index is 460. The second kappa shape index (κ2) is 5.38. The highest BCUT2D eigenvalue weighted by molar-refractivity contribution is 5.76. The third kappa shape index (κ3) is 2.62. The summed E-state index contributed by atoms with van der Waals surface area (Å²) in [6, 6.07) is 0. The number of carbonyl (C=O) groups excluding carboxylic acids is 1. The van der Waals surface area contributed by atoms with Crippen LogP contribution in [0, 0.1) is 11.8 Å². The molecule has 2 aliphatic heterocycles. The number of esters is 1. The van der Waals surface area contributed by atoms with Crippen LogP contribution >= 0.6 is 0 Å². The molecule has 0 aromatic rings. The Balaban J connectivity index is 1.90. The van der Waals surface area contributed by atoms with Gasteiger partial charge in [0.2, 0.25) is 0 Å². The van der Waals surface area contributed by atoms with Crippen molar-refractivity contribution in [2.75, 3.05) is 13.7 Å². The fraction of sp³-hybridized carbons (Fsp3) is 0.812. The van der Waals surface area contributed by atoms with E-state index in [1.54, 1.807) is 7.11 Å². The molecule has 2 fully saturated rings. The van der Waals surface area contributed by atoms with Gasteiger partial charge in [-0.1, -0.05) is 11.6 Å². The molecule has 2 saturated heterocycles. The molecule has 0 amide bonds. The van der Waals surface area contributed by atoms with Crippen LogP contribution in [0.2, 0.25) is 0 Å². The molecule has 6 unspecified atom stereocenters. The molecule has 0 radical (unpaired) electrons. The lowest BCUT2D eigenvalue weighted by atomic mass is 9.79. The van der Waals surface area contributed by atoms with Gasteiger partial charge in [0, 0.05) is 13.0 Å². The minimum absolute atomic E-state index is 0.102. The first kappa shape index (κ1) is 15.0. The molecule has 6 atom stereocenters. The number of aliphatic hydroxyl groups is 1. The molecule has 3 aliphatic rings. The molecule has 1 N–H and O–H groups in total. The molecule has 0 spiro atoms. The van der Waals surface area contributed by atoms with E-state index in [-0.39, 0.29) is 36.3 Å². The molecule has 118 valence electrons. The van der Waals surface area contributed by atoms with Gasteiger partial charge >= 0.3 is 5.97 Å². The van der Waals surface area contributed by atoms with Gasteiger partial charge in [0.15, 0.2) is 0 Å². The number of rotatable bonds is 2. The number of carbonyl (C=O) groups is 1. The molecule has 0 saturated carbocycles. The first-order valence-corrected chi connectivity index (χ1v) is 7.67. The van der Waals surface area contributed by atoms with E-state index < -0.39 is 12.0 Å². The van der Waals surface area contributed by atoms with Gasteiger partial charge in [-0.15, -0.1) is 0 Å². The Hall–Kier alpha value is -0.910. The summed E-state index contributed by atoms with van der Waals surface area (Å²) in [6.07, 6.45) is 3.51. The third-order valence-corrected chi connectivity index (χ3v) is 5.09. The van der Waals surface area contributed by atoms with Crippen LogP contribution < -0.4 is 0 Å². The lowest BCUT2D eigenvalue weighted by Crippen LogP contribution is -2.39. The van der Waals surface area contributed by atoms with Crippen LogP contribution in [0.3, 0.4) is 0 Å². The van der Waals surface area contributed by atoms with Gasteiger partial charge in [0.25, 0.3) is 0 Å². The van der Waals surface area contributed by atoms with Gasteiger partial charge in [-0.3, -0.25) is 4.79 Å². The molecule has 1 aliphatic carbocycles. The lowest BCUT2D eigenvalue weighted by molar-refractivity contribution is -0.145. The summed E-state index contributed by atoms with van der Waals surface area (Å²) in [6.45, 7) is 4.36. The van der Waals surface area contributed by atoms with Crippen molar-refractivity contribution in [2.45, 2.75) is 57.0 Å². The van der Waals surface area contributed by atoms with Crippen molar-refractivity contribution in [2.24, 2.45) is 11.8 Å². The number of ether oxygens (including phenoxy) is 3. The number of fused-ring (bicyclic) bond motifs is 3. The van der Waals surface area contributed by atoms with E-state index in [2.05, 4.69) is 13.0 Å². The largest absolute Gasteiger partial charge is 0.459 e. The van der Waals surface area contributed by atoms with Crippen molar-refractivity contribution in [3.8, 4) is 0 Å². The van der Waals surface area contributed by atoms with Crippen LogP contribution in [-0.2, 0) is 19.0 Å². The summed E-state index contributed by atoms with van der Waals surface area (Å²) in [7, 11) is 1.57. The third-order valence-electron chi connectivity index (χ3n) is 5.09. The number of allylic oxidation sites excluding steroid dienone is 1.